The molecule has 0 radical (unpaired) electrons. The van der Waals surface area contributed by atoms with Crippen LogP contribution in [0.5, 0.6) is 0 Å². The van der Waals surface area contributed by atoms with Crippen molar-refractivity contribution in [3.05, 3.63) is 36.5 Å². The van der Waals surface area contributed by atoms with Crippen molar-refractivity contribution in [3.8, 4) is 0 Å². The zero-order valence-electron chi connectivity index (χ0n) is 14.8. The fraction of sp³-hybridized carbons (Fsp3) is 0.650. The van der Waals surface area contributed by atoms with Crippen LogP contribution < -0.4 is 0 Å². The average Bonchev–Trinajstić information content (AvgIpc) is 3.30. The van der Waals surface area contributed by atoms with E-state index in [1.807, 2.05) is 36.5 Å². The molecule has 0 aromatic heterocycles. The van der Waals surface area contributed by atoms with E-state index in [9.17, 15) is 9.90 Å². The zero-order chi connectivity index (χ0) is 17.6. The number of unbranched alkanes of at least 4 members (excludes halogenated alkanes) is 3. The van der Waals surface area contributed by atoms with Crippen LogP contribution in [0.25, 0.3) is 0 Å². The van der Waals surface area contributed by atoms with Crippen molar-refractivity contribution >= 4 is 5.97 Å². The number of epoxide rings is 1. The van der Waals surface area contributed by atoms with Gasteiger partial charge in [-0.15, -0.1) is 0 Å². The van der Waals surface area contributed by atoms with Crippen molar-refractivity contribution in [2.45, 2.75) is 83.0 Å². The zero-order valence-corrected chi connectivity index (χ0v) is 14.8. The van der Waals surface area contributed by atoms with E-state index < -0.39 is 12.1 Å². The van der Waals surface area contributed by atoms with Crippen LogP contribution >= 0.6 is 0 Å². The van der Waals surface area contributed by atoms with E-state index in [1.54, 1.807) is 0 Å². The van der Waals surface area contributed by atoms with Crippen LogP contribution in [-0.2, 0) is 9.53 Å². The van der Waals surface area contributed by atoms with Gasteiger partial charge in [0.1, 0.15) is 6.10 Å². The Hall–Kier alpha value is -1.39. The van der Waals surface area contributed by atoms with Gasteiger partial charge in [0.05, 0.1) is 12.2 Å². The Labute approximate surface area is 145 Å². The lowest BCUT2D eigenvalue weighted by Gasteiger charge is -1.99. The third-order valence-corrected chi connectivity index (χ3v) is 3.98. The topological polar surface area (TPSA) is 70.1 Å². The average molecular weight is 336 g/mol. The third-order valence-electron chi connectivity index (χ3n) is 3.98. The molecule has 0 spiro atoms. The van der Waals surface area contributed by atoms with Gasteiger partial charge in [-0.3, -0.25) is 4.79 Å². The highest BCUT2D eigenvalue weighted by Gasteiger charge is 2.35. The van der Waals surface area contributed by atoms with Crippen molar-refractivity contribution in [1.29, 1.82) is 0 Å². The highest BCUT2D eigenvalue weighted by atomic mass is 16.6. The summed E-state index contributed by atoms with van der Waals surface area (Å²) in [5.74, 6) is -0.741. The quantitative estimate of drug-likeness (QED) is 0.280. The fourth-order valence-electron chi connectivity index (χ4n) is 2.47. The molecule has 2 N–H and O–H groups in total. The molecule has 0 aliphatic carbocycles. The van der Waals surface area contributed by atoms with Crippen molar-refractivity contribution in [3.63, 3.8) is 0 Å². The first kappa shape index (κ1) is 20.7. The van der Waals surface area contributed by atoms with Gasteiger partial charge >= 0.3 is 5.97 Å². The van der Waals surface area contributed by atoms with Gasteiger partial charge in [-0.05, 0) is 32.1 Å². The SMILES string of the molecule is CCCCC[C@H]1O[C@H]1/C=C/C(O)C/C=C\C/C=C\CCCC(=O)O. The van der Waals surface area contributed by atoms with Gasteiger partial charge in [-0.1, -0.05) is 62.6 Å². The molecule has 24 heavy (non-hydrogen) atoms. The summed E-state index contributed by atoms with van der Waals surface area (Å²) >= 11 is 0. The Bertz CT molecular complexity index is 425. The Balaban J connectivity index is 2.01. The van der Waals surface area contributed by atoms with E-state index in [0.717, 1.165) is 19.3 Å². The number of hydrogen-bond acceptors (Lipinski definition) is 3. The smallest absolute Gasteiger partial charge is 0.303 e. The highest BCUT2D eigenvalue weighted by Crippen LogP contribution is 2.28. The number of carboxylic acids is 1. The van der Waals surface area contributed by atoms with Crippen molar-refractivity contribution in [2.75, 3.05) is 0 Å². The summed E-state index contributed by atoms with van der Waals surface area (Å²) < 4.78 is 5.56. The number of carbonyl (C=O) groups is 1. The first-order valence-corrected chi connectivity index (χ1v) is 9.17. The van der Waals surface area contributed by atoms with Crippen LogP contribution in [0.1, 0.15) is 64.7 Å². The molecule has 0 bridgehead atoms. The first-order valence-electron chi connectivity index (χ1n) is 9.17. The minimum atomic E-state index is -0.741. The van der Waals surface area contributed by atoms with Crippen LogP contribution in [-0.4, -0.2) is 34.5 Å². The number of aliphatic hydroxyl groups is 1. The van der Waals surface area contributed by atoms with Crippen LogP contribution in [0.3, 0.4) is 0 Å². The monoisotopic (exact) mass is 336 g/mol. The van der Waals surface area contributed by atoms with Crippen molar-refractivity contribution < 1.29 is 19.7 Å². The van der Waals surface area contributed by atoms with E-state index in [1.165, 1.54) is 19.3 Å². The lowest BCUT2D eigenvalue weighted by Crippen LogP contribution is -2.00. The van der Waals surface area contributed by atoms with Gasteiger partial charge in [0.25, 0.3) is 0 Å². The van der Waals surface area contributed by atoms with E-state index in [0.29, 0.717) is 18.9 Å². The maximum absolute atomic E-state index is 10.3. The summed E-state index contributed by atoms with van der Waals surface area (Å²) in [7, 11) is 0. The van der Waals surface area contributed by atoms with Gasteiger partial charge in [-0.25, -0.2) is 0 Å². The second kappa shape index (κ2) is 13.0. The summed E-state index contributed by atoms with van der Waals surface area (Å²) in [6.45, 7) is 2.20. The van der Waals surface area contributed by atoms with Crippen LogP contribution in [0.4, 0.5) is 0 Å². The predicted octanol–water partition coefficient (Wildman–Crippen LogP) is 4.40. The first-order chi connectivity index (χ1) is 11.6. The Morgan fingerprint density at radius 1 is 1.17 bits per heavy atom. The van der Waals surface area contributed by atoms with Gasteiger partial charge < -0.3 is 14.9 Å². The molecule has 0 saturated carbocycles. The molecule has 0 amide bonds. The van der Waals surface area contributed by atoms with Gasteiger partial charge in [-0.2, -0.15) is 0 Å². The maximum Gasteiger partial charge on any atom is 0.303 e. The summed E-state index contributed by atoms with van der Waals surface area (Å²) in [6, 6.07) is 0. The number of allylic oxidation sites excluding steroid dienone is 3. The molecule has 4 nitrogen and oxygen atoms in total. The minimum Gasteiger partial charge on any atom is -0.481 e. The maximum atomic E-state index is 10.3. The molecule has 0 aromatic carbocycles. The normalized spacial score (nSPS) is 21.9. The lowest BCUT2D eigenvalue weighted by atomic mass is 10.1. The standard InChI is InChI=1S/C20H32O4/c1-2-3-9-13-18-19(24-18)16-15-17(21)12-10-7-5-4-6-8-11-14-20(22)23/h4,6-7,10,15-19,21H,2-3,5,8-9,11-14H2,1H3,(H,22,23)/b6-4-,10-7-,16-15+/t17?,18-,19+/m1/s1. The van der Waals surface area contributed by atoms with Crippen LogP contribution in [0.2, 0.25) is 0 Å². The molecule has 1 aliphatic rings. The summed E-state index contributed by atoms with van der Waals surface area (Å²) in [5.41, 5.74) is 0. The van der Waals surface area contributed by atoms with Crippen LogP contribution in [0.15, 0.2) is 36.5 Å². The molecule has 4 heteroatoms. The van der Waals surface area contributed by atoms with E-state index in [2.05, 4.69) is 6.92 Å². The Morgan fingerprint density at radius 3 is 2.71 bits per heavy atom. The van der Waals surface area contributed by atoms with Crippen molar-refractivity contribution in [2.24, 2.45) is 0 Å². The number of ether oxygens (including phenoxy) is 1. The molecule has 1 rings (SSSR count). The molecule has 136 valence electrons. The van der Waals surface area contributed by atoms with Gasteiger partial charge in [0.2, 0.25) is 0 Å². The van der Waals surface area contributed by atoms with Crippen molar-refractivity contribution in [1.82, 2.24) is 0 Å². The summed E-state index contributed by atoms with van der Waals surface area (Å²) in [6.07, 6.45) is 19.9. The highest BCUT2D eigenvalue weighted by molar-refractivity contribution is 5.66. The largest absolute Gasteiger partial charge is 0.481 e. The molecule has 1 aliphatic heterocycles. The summed E-state index contributed by atoms with van der Waals surface area (Å²) in [4.78, 5) is 10.3. The number of rotatable bonds is 14. The van der Waals surface area contributed by atoms with Crippen LogP contribution in [0, 0.1) is 0 Å². The van der Waals surface area contributed by atoms with E-state index in [-0.39, 0.29) is 12.5 Å². The number of hydrogen-bond donors (Lipinski definition) is 2. The van der Waals surface area contributed by atoms with E-state index >= 15 is 0 Å². The lowest BCUT2D eigenvalue weighted by molar-refractivity contribution is -0.137. The molecule has 3 atom stereocenters. The molecular formula is C20H32O4. The Morgan fingerprint density at radius 2 is 1.96 bits per heavy atom. The molecule has 1 fully saturated rings. The number of aliphatic carboxylic acids is 1. The Kier molecular flexibility index (Phi) is 11.2. The third kappa shape index (κ3) is 11.2. The number of carboxylic acid groups (broad SMARTS) is 1. The minimum absolute atomic E-state index is 0.203. The molecule has 1 heterocycles. The van der Waals surface area contributed by atoms with Gasteiger partial charge in [0, 0.05) is 6.42 Å². The number of aliphatic hydroxyl groups excluding tert-OH is 1. The van der Waals surface area contributed by atoms with E-state index in [4.69, 9.17) is 9.84 Å². The second-order valence-corrected chi connectivity index (χ2v) is 6.29. The molecule has 1 unspecified atom stereocenters. The molecule has 1 saturated heterocycles. The predicted molar refractivity (Wildman–Crippen MR) is 97.0 cm³/mol. The molecular weight excluding hydrogens is 304 g/mol. The second-order valence-electron chi connectivity index (χ2n) is 6.29. The summed E-state index contributed by atoms with van der Waals surface area (Å²) in [5, 5.41) is 18.4. The van der Waals surface area contributed by atoms with Gasteiger partial charge in [0.15, 0.2) is 0 Å². The fourth-order valence-corrected chi connectivity index (χ4v) is 2.47. The molecule has 0 aromatic rings.